The Balaban J connectivity index is 1.94. The lowest BCUT2D eigenvalue weighted by atomic mass is 10.1. The van der Waals surface area contributed by atoms with Crippen LogP contribution in [-0.2, 0) is 13.5 Å². The van der Waals surface area contributed by atoms with Crippen LogP contribution in [0.15, 0.2) is 30.3 Å². The van der Waals surface area contributed by atoms with Crippen molar-refractivity contribution in [1.29, 1.82) is 0 Å². The first-order valence-corrected chi connectivity index (χ1v) is 7.65. The number of carbonyl (C=O) groups excluding carboxylic acids is 1. The van der Waals surface area contributed by atoms with Crippen LogP contribution in [0.3, 0.4) is 0 Å². The Morgan fingerprint density at radius 3 is 2.73 bits per heavy atom. The summed E-state index contributed by atoms with van der Waals surface area (Å²) in [6.07, 6.45) is 0.474. The average molecular weight is 322 g/mol. The highest BCUT2D eigenvalue weighted by atomic mass is 35.5. The third kappa shape index (κ3) is 3.67. The van der Waals surface area contributed by atoms with Crippen LogP contribution in [0.25, 0.3) is 0 Å². The molecule has 0 spiro atoms. The van der Waals surface area contributed by atoms with E-state index in [0.717, 1.165) is 5.56 Å². The zero-order valence-electron chi connectivity index (χ0n) is 12.7. The van der Waals surface area contributed by atoms with Crippen LogP contribution in [0.2, 0.25) is 5.15 Å². The molecule has 1 heterocycles. The lowest BCUT2D eigenvalue weighted by Gasteiger charge is -2.11. The highest BCUT2D eigenvalue weighted by Gasteiger charge is 2.20. The van der Waals surface area contributed by atoms with Crippen LogP contribution in [-0.4, -0.2) is 27.3 Å². The molecule has 0 fully saturated rings. The lowest BCUT2D eigenvalue weighted by molar-refractivity contribution is 0.0942. The van der Waals surface area contributed by atoms with E-state index >= 15 is 0 Å². The van der Waals surface area contributed by atoms with Gasteiger partial charge in [0, 0.05) is 13.6 Å². The quantitative estimate of drug-likeness (QED) is 0.859. The van der Waals surface area contributed by atoms with Crippen LogP contribution in [0.5, 0.6) is 0 Å². The van der Waals surface area contributed by atoms with E-state index in [1.165, 1.54) is 4.68 Å². The summed E-state index contributed by atoms with van der Waals surface area (Å²) >= 11 is 6.12. The van der Waals surface area contributed by atoms with E-state index in [1.807, 2.05) is 37.3 Å². The molecule has 1 amide bonds. The highest BCUT2D eigenvalue weighted by molar-refractivity contribution is 6.33. The van der Waals surface area contributed by atoms with E-state index in [1.54, 1.807) is 7.05 Å². The molecule has 2 rings (SSSR count). The predicted molar refractivity (Wildman–Crippen MR) is 85.9 cm³/mol. The van der Waals surface area contributed by atoms with Gasteiger partial charge in [0.15, 0.2) is 0 Å². The molecule has 1 atom stereocenters. The molecule has 0 aliphatic rings. The van der Waals surface area contributed by atoms with Crippen molar-refractivity contribution in [2.75, 3.05) is 6.54 Å². The van der Waals surface area contributed by atoms with Gasteiger partial charge in [-0.3, -0.25) is 9.48 Å². The number of halogens is 1. The van der Waals surface area contributed by atoms with Crippen molar-refractivity contribution in [3.8, 4) is 0 Å². The number of aromatic nitrogens is 2. The Bertz CT molecular complexity index is 640. The van der Waals surface area contributed by atoms with Crippen LogP contribution in [0.4, 0.5) is 0 Å². The van der Waals surface area contributed by atoms with Crippen molar-refractivity contribution < 1.29 is 9.90 Å². The van der Waals surface area contributed by atoms with Gasteiger partial charge in [-0.15, -0.1) is 0 Å². The summed E-state index contributed by atoms with van der Waals surface area (Å²) < 4.78 is 1.49. The summed E-state index contributed by atoms with van der Waals surface area (Å²) in [5, 5.41) is 17.4. The van der Waals surface area contributed by atoms with E-state index in [9.17, 15) is 9.90 Å². The maximum atomic E-state index is 12.2. The number of carbonyl (C=O) groups is 1. The topological polar surface area (TPSA) is 67.2 Å². The van der Waals surface area contributed by atoms with Crippen LogP contribution >= 0.6 is 11.6 Å². The molecule has 0 radical (unpaired) electrons. The molecule has 1 aromatic carbocycles. The van der Waals surface area contributed by atoms with Crippen LogP contribution in [0.1, 0.15) is 41.1 Å². The molecular weight excluding hydrogens is 302 g/mol. The molecule has 6 heteroatoms. The first-order chi connectivity index (χ1) is 10.5. The Labute approximate surface area is 134 Å². The minimum Gasteiger partial charge on any atom is -0.388 e. The second-order valence-electron chi connectivity index (χ2n) is 5.06. The second kappa shape index (κ2) is 7.42. The normalized spacial score (nSPS) is 12.2. The maximum Gasteiger partial charge on any atom is 0.256 e. The highest BCUT2D eigenvalue weighted by Crippen LogP contribution is 2.20. The number of rotatable bonds is 6. The fraction of sp³-hybridized carbons (Fsp3) is 0.375. The van der Waals surface area contributed by atoms with Gasteiger partial charge in [-0.2, -0.15) is 5.10 Å². The van der Waals surface area contributed by atoms with Gasteiger partial charge < -0.3 is 10.4 Å². The molecule has 118 valence electrons. The molecular formula is C16H20ClN3O2. The van der Waals surface area contributed by atoms with Gasteiger partial charge in [0.25, 0.3) is 5.91 Å². The number of aliphatic hydroxyl groups excluding tert-OH is 1. The molecule has 0 bridgehead atoms. The van der Waals surface area contributed by atoms with Crippen molar-refractivity contribution in [3.05, 3.63) is 52.3 Å². The lowest BCUT2D eigenvalue weighted by Crippen LogP contribution is -2.26. The summed E-state index contributed by atoms with van der Waals surface area (Å²) in [5.74, 6) is -0.254. The van der Waals surface area contributed by atoms with Crippen molar-refractivity contribution >= 4 is 17.5 Å². The summed E-state index contributed by atoms with van der Waals surface area (Å²) in [4.78, 5) is 12.2. The standard InChI is InChI=1S/C16H20ClN3O2/c1-3-12-14(15(17)20(2)19-12)16(22)18-10-9-13(21)11-7-5-4-6-8-11/h4-8,13,21H,3,9-10H2,1-2H3,(H,18,22). The fourth-order valence-electron chi connectivity index (χ4n) is 2.28. The molecule has 2 N–H and O–H groups in total. The van der Waals surface area contributed by atoms with Gasteiger partial charge in [0.1, 0.15) is 5.15 Å². The van der Waals surface area contributed by atoms with E-state index in [2.05, 4.69) is 10.4 Å². The minimum atomic E-state index is -0.600. The summed E-state index contributed by atoms with van der Waals surface area (Å²) in [5.41, 5.74) is 1.93. The molecule has 5 nitrogen and oxygen atoms in total. The van der Waals surface area contributed by atoms with Crippen LogP contribution < -0.4 is 5.32 Å². The Morgan fingerprint density at radius 2 is 2.09 bits per heavy atom. The molecule has 0 saturated carbocycles. The zero-order valence-corrected chi connectivity index (χ0v) is 13.5. The Morgan fingerprint density at radius 1 is 1.41 bits per heavy atom. The van der Waals surface area contributed by atoms with E-state index in [4.69, 9.17) is 11.6 Å². The molecule has 0 aliphatic carbocycles. The molecule has 22 heavy (non-hydrogen) atoms. The predicted octanol–water partition coefficient (Wildman–Crippen LogP) is 2.49. The monoisotopic (exact) mass is 321 g/mol. The maximum absolute atomic E-state index is 12.2. The van der Waals surface area contributed by atoms with Gasteiger partial charge >= 0.3 is 0 Å². The summed E-state index contributed by atoms with van der Waals surface area (Å²) in [7, 11) is 1.71. The van der Waals surface area contributed by atoms with Crippen molar-refractivity contribution in [2.24, 2.45) is 7.05 Å². The first-order valence-electron chi connectivity index (χ1n) is 7.27. The largest absolute Gasteiger partial charge is 0.388 e. The molecule has 1 unspecified atom stereocenters. The number of hydrogen-bond acceptors (Lipinski definition) is 3. The zero-order chi connectivity index (χ0) is 16.1. The summed E-state index contributed by atoms with van der Waals surface area (Å²) in [6.45, 7) is 2.29. The van der Waals surface area contributed by atoms with Crippen molar-refractivity contribution in [3.63, 3.8) is 0 Å². The van der Waals surface area contributed by atoms with Crippen molar-refractivity contribution in [1.82, 2.24) is 15.1 Å². The first kappa shape index (κ1) is 16.5. The number of hydrogen-bond donors (Lipinski definition) is 2. The third-order valence-corrected chi connectivity index (χ3v) is 3.93. The fourth-order valence-corrected chi connectivity index (χ4v) is 2.51. The van der Waals surface area contributed by atoms with Gasteiger partial charge in [0.05, 0.1) is 17.4 Å². The number of nitrogens with zero attached hydrogens (tertiary/aromatic N) is 2. The van der Waals surface area contributed by atoms with E-state index in [-0.39, 0.29) is 5.91 Å². The van der Waals surface area contributed by atoms with Gasteiger partial charge in [0.2, 0.25) is 0 Å². The Hall–Kier alpha value is -1.85. The number of aliphatic hydroxyl groups is 1. The molecule has 0 aliphatic heterocycles. The molecule has 0 saturated heterocycles. The molecule has 1 aromatic heterocycles. The Kier molecular flexibility index (Phi) is 5.57. The molecule has 2 aromatic rings. The van der Waals surface area contributed by atoms with Gasteiger partial charge in [-0.25, -0.2) is 0 Å². The van der Waals surface area contributed by atoms with E-state index < -0.39 is 6.10 Å². The number of nitrogens with one attached hydrogen (secondary N) is 1. The minimum absolute atomic E-state index is 0.254. The second-order valence-corrected chi connectivity index (χ2v) is 5.42. The van der Waals surface area contributed by atoms with E-state index in [0.29, 0.717) is 35.8 Å². The van der Waals surface area contributed by atoms with Gasteiger partial charge in [-0.1, -0.05) is 48.9 Å². The third-order valence-electron chi connectivity index (χ3n) is 3.50. The average Bonchev–Trinajstić information content (AvgIpc) is 2.82. The number of amides is 1. The van der Waals surface area contributed by atoms with Crippen LogP contribution in [0, 0.1) is 0 Å². The number of benzene rings is 1. The summed E-state index contributed by atoms with van der Waals surface area (Å²) in [6, 6.07) is 9.37. The number of aryl methyl sites for hydroxylation is 2. The smallest absolute Gasteiger partial charge is 0.256 e. The van der Waals surface area contributed by atoms with Crippen molar-refractivity contribution in [2.45, 2.75) is 25.9 Å². The SMILES string of the molecule is CCc1nn(C)c(Cl)c1C(=O)NCCC(O)c1ccccc1. The van der Waals surface area contributed by atoms with Gasteiger partial charge in [-0.05, 0) is 18.4 Å².